The normalized spacial score (nSPS) is 26.9. The number of rotatable bonds is 3. The van der Waals surface area contributed by atoms with Gasteiger partial charge in [-0.3, -0.25) is 9.59 Å². The van der Waals surface area contributed by atoms with Crippen molar-refractivity contribution in [1.82, 2.24) is 14.9 Å². The van der Waals surface area contributed by atoms with Gasteiger partial charge in [0.05, 0.1) is 5.39 Å². The molecule has 2 aliphatic carbocycles. The fourth-order valence-corrected chi connectivity index (χ4v) is 7.22. The van der Waals surface area contributed by atoms with Crippen molar-refractivity contribution in [1.29, 1.82) is 0 Å². The Labute approximate surface area is 175 Å². The molecule has 2 fully saturated rings. The first-order valence-electron chi connectivity index (χ1n) is 11.4. The molecule has 3 aliphatic rings. The monoisotopic (exact) mass is 413 g/mol. The van der Waals surface area contributed by atoms with Crippen molar-refractivity contribution in [2.45, 2.75) is 83.6 Å². The molecule has 1 aliphatic heterocycles. The molecule has 2 aromatic heterocycles. The highest BCUT2D eigenvalue weighted by atomic mass is 32.1. The van der Waals surface area contributed by atoms with E-state index in [2.05, 4.69) is 16.8 Å². The first kappa shape index (κ1) is 19.3. The third kappa shape index (κ3) is 3.65. The fourth-order valence-electron chi connectivity index (χ4n) is 5.82. The van der Waals surface area contributed by atoms with Crippen LogP contribution in [0.2, 0.25) is 0 Å². The number of aromatic amines is 1. The van der Waals surface area contributed by atoms with Crippen LogP contribution >= 0.6 is 11.3 Å². The Morgan fingerprint density at radius 1 is 1.21 bits per heavy atom. The van der Waals surface area contributed by atoms with Crippen LogP contribution in [0.15, 0.2) is 4.79 Å². The van der Waals surface area contributed by atoms with E-state index in [1.165, 1.54) is 36.1 Å². The molecular formula is C23H31N3O2S. The molecule has 156 valence electrons. The average molecular weight is 414 g/mol. The van der Waals surface area contributed by atoms with Gasteiger partial charge >= 0.3 is 0 Å². The van der Waals surface area contributed by atoms with Crippen LogP contribution in [-0.2, 0) is 24.1 Å². The zero-order valence-corrected chi connectivity index (χ0v) is 18.2. The predicted octanol–water partition coefficient (Wildman–Crippen LogP) is 4.22. The van der Waals surface area contributed by atoms with E-state index in [1.54, 1.807) is 11.3 Å². The van der Waals surface area contributed by atoms with E-state index in [-0.39, 0.29) is 11.5 Å². The number of hydrogen-bond donors (Lipinski definition) is 1. The zero-order valence-electron chi connectivity index (χ0n) is 17.3. The average Bonchev–Trinajstić information content (AvgIpc) is 3.09. The maximum absolute atomic E-state index is 13.0. The summed E-state index contributed by atoms with van der Waals surface area (Å²) in [6, 6.07) is 0.450. The second-order valence-corrected chi connectivity index (χ2v) is 10.5. The molecule has 1 saturated heterocycles. The van der Waals surface area contributed by atoms with Crippen molar-refractivity contribution < 1.29 is 4.79 Å². The molecule has 0 radical (unpaired) electrons. The van der Waals surface area contributed by atoms with E-state index in [0.29, 0.717) is 36.5 Å². The summed E-state index contributed by atoms with van der Waals surface area (Å²) in [5.41, 5.74) is 1.20. The van der Waals surface area contributed by atoms with Gasteiger partial charge in [-0.15, -0.1) is 11.3 Å². The number of carbonyl (C=O) groups is 1. The van der Waals surface area contributed by atoms with Crippen molar-refractivity contribution in [2.75, 3.05) is 6.54 Å². The minimum absolute atomic E-state index is 0.0187. The SMILES string of the molecule is C[C@H]1CCc2c(sc3nc(CCC(=O)N4CCC[C@@H]5CCCC[C@@H]54)[nH]c(=O)c23)C1. The predicted molar refractivity (Wildman–Crippen MR) is 116 cm³/mol. The molecule has 3 heterocycles. The van der Waals surface area contributed by atoms with Crippen molar-refractivity contribution in [3.63, 3.8) is 0 Å². The van der Waals surface area contributed by atoms with Crippen LogP contribution in [0, 0.1) is 11.8 Å². The van der Waals surface area contributed by atoms with Crippen LogP contribution in [0.5, 0.6) is 0 Å². The number of hydrogen-bond acceptors (Lipinski definition) is 4. The zero-order chi connectivity index (χ0) is 20.0. The van der Waals surface area contributed by atoms with Gasteiger partial charge in [-0.25, -0.2) is 4.98 Å². The van der Waals surface area contributed by atoms with E-state index < -0.39 is 0 Å². The van der Waals surface area contributed by atoms with Gasteiger partial charge in [-0.2, -0.15) is 0 Å². The second-order valence-electron chi connectivity index (χ2n) is 9.39. The molecule has 1 amide bonds. The molecular weight excluding hydrogens is 382 g/mol. The summed E-state index contributed by atoms with van der Waals surface area (Å²) in [6.45, 7) is 3.18. The number of nitrogens with zero attached hydrogens (tertiary/aromatic N) is 2. The Morgan fingerprint density at radius 3 is 2.93 bits per heavy atom. The van der Waals surface area contributed by atoms with Gasteiger partial charge in [0.2, 0.25) is 5.91 Å². The van der Waals surface area contributed by atoms with Gasteiger partial charge in [0.15, 0.2) is 0 Å². The lowest BCUT2D eigenvalue weighted by Gasteiger charge is -2.44. The molecule has 3 atom stereocenters. The Bertz CT molecular complexity index is 976. The molecule has 2 aromatic rings. The van der Waals surface area contributed by atoms with Crippen LogP contribution in [0.3, 0.4) is 0 Å². The number of fused-ring (bicyclic) bond motifs is 4. The summed E-state index contributed by atoms with van der Waals surface area (Å²) < 4.78 is 0. The molecule has 0 spiro atoms. The van der Waals surface area contributed by atoms with E-state index in [4.69, 9.17) is 4.98 Å². The summed E-state index contributed by atoms with van der Waals surface area (Å²) in [6.07, 6.45) is 11.6. The van der Waals surface area contributed by atoms with Crippen LogP contribution in [-0.4, -0.2) is 33.4 Å². The van der Waals surface area contributed by atoms with Gasteiger partial charge in [0.25, 0.3) is 5.56 Å². The van der Waals surface area contributed by atoms with Crippen molar-refractivity contribution >= 4 is 27.5 Å². The molecule has 5 nitrogen and oxygen atoms in total. The molecule has 1 saturated carbocycles. The minimum Gasteiger partial charge on any atom is -0.339 e. The van der Waals surface area contributed by atoms with Crippen molar-refractivity contribution in [2.24, 2.45) is 11.8 Å². The first-order chi connectivity index (χ1) is 14.1. The van der Waals surface area contributed by atoms with Crippen LogP contribution in [0.1, 0.15) is 74.6 Å². The number of likely N-dealkylation sites (tertiary alicyclic amines) is 1. The topological polar surface area (TPSA) is 66.1 Å². The van der Waals surface area contributed by atoms with Crippen LogP contribution < -0.4 is 5.56 Å². The molecule has 0 aromatic carbocycles. The van der Waals surface area contributed by atoms with Gasteiger partial charge < -0.3 is 9.88 Å². The summed E-state index contributed by atoms with van der Waals surface area (Å²) >= 11 is 1.68. The summed E-state index contributed by atoms with van der Waals surface area (Å²) in [5, 5.41) is 0.799. The van der Waals surface area contributed by atoms with Crippen LogP contribution in [0.25, 0.3) is 10.2 Å². The van der Waals surface area contributed by atoms with E-state index in [1.807, 2.05) is 0 Å². The highest BCUT2D eigenvalue weighted by Crippen LogP contribution is 2.37. The lowest BCUT2D eigenvalue weighted by molar-refractivity contribution is -0.137. The molecule has 0 unspecified atom stereocenters. The minimum atomic E-state index is -0.0187. The Hall–Kier alpha value is -1.69. The number of amides is 1. The third-order valence-electron chi connectivity index (χ3n) is 7.35. The molecule has 6 heteroatoms. The fraction of sp³-hybridized carbons (Fsp3) is 0.696. The highest BCUT2D eigenvalue weighted by molar-refractivity contribution is 7.18. The largest absolute Gasteiger partial charge is 0.339 e. The second kappa shape index (κ2) is 7.86. The summed E-state index contributed by atoms with van der Waals surface area (Å²) in [7, 11) is 0. The molecule has 0 bridgehead atoms. The summed E-state index contributed by atoms with van der Waals surface area (Å²) in [4.78, 5) is 37.8. The van der Waals surface area contributed by atoms with Gasteiger partial charge in [-0.05, 0) is 62.3 Å². The third-order valence-corrected chi connectivity index (χ3v) is 8.50. The Kier molecular flexibility index (Phi) is 5.23. The van der Waals surface area contributed by atoms with E-state index >= 15 is 0 Å². The van der Waals surface area contributed by atoms with Crippen molar-refractivity contribution in [3.05, 3.63) is 26.6 Å². The lowest BCUT2D eigenvalue weighted by atomic mass is 9.78. The van der Waals surface area contributed by atoms with Gasteiger partial charge in [0.1, 0.15) is 10.7 Å². The van der Waals surface area contributed by atoms with Gasteiger partial charge in [0, 0.05) is 30.3 Å². The molecule has 5 rings (SSSR count). The number of aromatic nitrogens is 2. The number of aryl methyl sites for hydroxylation is 2. The number of thiophene rings is 1. The molecule has 1 N–H and O–H groups in total. The van der Waals surface area contributed by atoms with E-state index in [9.17, 15) is 9.59 Å². The lowest BCUT2D eigenvalue weighted by Crippen LogP contribution is -2.49. The summed E-state index contributed by atoms with van der Waals surface area (Å²) in [5.74, 6) is 2.29. The van der Waals surface area contributed by atoms with Crippen LogP contribution in [0.4, 0.5) is 0 Å². The maximum Gasteiger partial charge on any atom is 0.259 e. The first-order valence-corrected chi connectivity index (χ1v) is 12.2. The Morgan fingerprint density at radius 2 is 2.03 bits per heavy atom. The number of H-pyrrole nitrogens is 1. The highest BCUT2D eigenvalue weighted by Gasteiger charge is 2.35. The smallest absolute Gasteiger partial charge is 0.259 e. The maximum atomic E-state index is 13.0. The Balaban J connectivity index is 1.32. The quantitative estimate of drug-likeness (QED) is 0.819. The van der Waals surface area contributed by atoms with Crippen molar-refractivity contribution in [3.8, 4) is 0 Å². The molecule has 29 heavy (non-hydrogen) atoms. The number of carbonyl (C=O) groups excluding carboxylic acids is 1. The van der Waals surface area contributed by atoms with E-state index in [0.717, 1.165) is 48.9 Å². The standard InChI is InChI=1S/C23H31N3O2S/c1-14-8-9-16-18(13-14)29-23-21(16)22(28)24-19(25-23)10-11-20(27)26-12-4-6-15-5-2-3-7-17(15)26/h14-15,17H,2-13H2,1H3,(H,24,25,28)/t14-,15-,17-/m0/s1. The van der Waals surface area contributed by atoms with Gasteiger partial charge in [-0.1, -0.05) is 19.8 Å². The number of piperidine rings is 1. The number of nitrogens with one attached hydrogen (secondary N) is 1.